The van der Waals surface area contributed by atoms with Crippen LogP contribution in [0.5, 0.6) is 0 Å². The van der Waals surface area contributed by atoms with Gasteiger partial charge in [0.2, 0.25) is 0 Å². The molecule has 100 valence electrons. The van der Waals surface area contributed by atoms with Gasteiger partial charge in [-0.15, -0.1) is 0 Å². The normalized spacial score (nSPS) is 12.9. The first kappa shape index (κ1) is 14.7. The van der Waals surface area contributed by atoms with E-state index in [0.717, 1.165) is 5.56 Å². The number of hydrogen-bond acceptors (Lipinski definition) is 3. The van der Waals surface area contributed by atoms with Crippen molar-refractivity contribution in [1.82, 2.24) is 0 Å². The van der Waals surface area contributed by atoms with Crippen LogP contribution in [-0.4, -0.2) is 28.2 Å². The Morgan fingerprint density at radius 3 is 2.32 bits per heavy atom. The second kappa shape index (κ2) is 7.19. The molecule has 2 atom stereocenters. The molecule has 0 radical (unpaired) electrons. The maximum absolute atomic E-state index is 11.0. The Morgan fingerprint density at radius 1 is 1.16 bits per heavy atom. The highest BCUT2D eigenvalue weighted by atomic mass is 16.4. The van der Waals surface area contributed by atoms with E-state index in [4.69, 9.17) is 15.9 Å². The lowest BCUT2D eigenvalue weighted by Gasteiger charge is -2.11. The van der Waals surface area contributed by atoms with Gasteiger partial charge in [-0.3, -0.25) is 9.59 Å². The van der Waals surface area contributed by atoms with Crippen LogP contribution in [0.2, 0.25) is 0 Å². The van der Waals surface area contributed by atoms with Crippen LogP contribution in [0.25, 0.3) is 0 Å². The first-order valence-electron chi connectivity index (χ1n) is 5.76. The van der Waals surface area contributed by atoms with Gasteiger partial charge >= 0.3 is 11.9 Å². The molecule has 1 aromatic carbocycles. The zero-order valence-electron chi connectivity index (χ0n) is 10.2. The molecule has 5 nitrogen and oxygen atoms in total. The van der Waals surface area contributed by atoms with Gasteiger partial charge in [-0.1, -0.05) is 30.0 Å². The monoisotopic (exact) mass is 261 g/mol. The van der Waals surface area contributed by atoms with Crippen molar-refractivity contribution in [1.29, 1.82) is 0 Å². The highest BCUT2D eigenvalue weighted by molar-refractivity contribution is 5.76. The predicted molar refractivity (Wildman–Crippen MR) is 69.3 cm³/mol. The van der Waals surface area contributed by atoms with E-state index in [1.807, 2.05) is 30.3 Å². The number of nitrogens with two attached hydrogens (primary N) is 1. The number of hydrogen-bond donors (Lipinski definition) is 3. The fourth-order valence-electron chi connectivity index (χ4n) is 1.48. The van der Waals surface area contributed by atoms with Crippen molar-refractivity contribution in [2.24, 2.45) is 11.7 Å². The molecule has 0 bridgehead atoms. The van der Waals surface area contributed by atoms with Crippen LogP contribution >= 0.6 is 0 Å². The predicted octanol–water partition coefficient (Wildman–Crippen LogP) is 0.931. The van der Waals surface area contributed by atoms with Gasteiger partial charge in [-0.2, -0.15) is 0 Å². The van der Waals surface area contributed by atoms with E-state index in [1.165, 1.54) is 0 Å². The van der Waals surface area contributed by atoms with Crippen molar-refractivity contribution >= 4 is 11.9 Å². The second-order valence-electron chi connectivity index (χ2n) is 4.09. The summed E-state index contributed by atoms with van der Waals surface area (Å²) in [6, 6.07) is 7.96. The standard InChI is InChI=1S/C14H15NO4/c15-12(14(18)19)9-11(13(16)17)8-4-7-10-5-2-1-3-6-10/h1-3,5-6,11-12H,8-9,15H2,(H,16,17)(H,18,19)/t11-,12+/m0/s1. The minimum atomic E-state index is -1.21. The summed E-state index contributed by atoms with van der Waals surface area (Å²) in [5, 5.41) is 17.6. The summed E-state index contributed by atoms with van der Waals surface area (Å²) < 4.78 is 0. The van der Waals surface area contributed by atoms with Crippen LogP contribution < -0.4 is 5.73 Å². The summed E-state index contributed by atoms with van der Waals surface area (Å²) in [5.41, 5.74) is 6.11. The fourth-order valence-corrected chi connectivity index (χ4v) is 1.48. The SMILES string of the molecule is N[C@H](C[C@H](CC#Cc1ccccc1)C(=O)O)C(=O)O. The molecule has 4 N–H and O–H groups in total. The van der Waals surface area contributed by atoms with Crippen molar-refractivity contribution in [3.05, 3.63) is 35.9 Å². The molecule has 0 amide bonds. The quantitative estimate of drug-likeness (QED) is 0.684. The number of rotatable bonds is 5. The molecule has 0 heterocycles. The lowest BCUT2D eigenvalue weighted by molar-refractivity contribution is -0.143. The van der Waals surface area contributed by atoms with Gasteiger partial charge in [0.25, 0.3) is 0 Å². The van der Waals surface area contributed by atoms with Gasteiger partial charge in [0.1, 0.15) is 6.04 Å². The van der Waals surface area contributed by atoms with Crippen LogP contribution in [0.15, 0.2) is 30.3 Å². The average Bonchev–Trinajstić information content (AvgIpc) is 2.38. The topological polar surface area (TPSA) is 101 Å². The Labute approximate surface area is 111 Å². The minimum Gasteiger partial charge on any atom is -0.481 e. The van der Waals surface area contributed by atoms with Crippen molar-refractivity contribution < 1.29 is 19.8 Å². The van der Waals surface area contributed by atoms with E-state index in [2.05, 4.69) is 11.8 Å². The van der Waals surface area contributed by atoms with Crippen LogP contribution in [0, 0.1) is 17.8 Å². The highest BCUT2D eigenvalue weighted by Crippen LogP contribution is 2.11. The Kier molecular flexibility index (Phi) is 5.58. The first-order valence-corrected chi connectivity index (χ1v) is 5.76. The van der Waals surface area contributed by atoms with E-state index < -0.39 is 23.9 Å². The zero-order valence-corrected chi connectivity index (χ0v) is 10.2. The van der Waals surface area contributed by atoms with Crippen molar-refractivity contribution in [3.63, 3.8) is 0 Å². The maximum Gasteiger partial charge on any atom is 0.320 e. The van der Waals surface area contributed by atoms with Crippen LogP contribution in [-0.2, 0) is 9.59 Å². The first-order chi connectivity index (χ1) is 9.00. The van der Waals surface area contributed by atoms with Gasteiger partial charge in [-0.25, -0.2) is 0 Å². The van der Waals surface area contributed by atoms with Gasteiger partial charge in [-0.05, 0) is 18.6 Å². The number of carboxylic acid groups (broad SMARTS) is 2. The molecule has 0 aliphatic carbocycles. The Hall–Kier alpha value is -2.32. The molecule has 5 heteroatoms. The lowest BCUT2D eigenvalue weighted by atomic mass is 9.97. The summed E-state index contributed by atoms with van der Waals surface area (Å²) in [4.78, 5) is 21.6. The van der Waals surface area contributed by atoms with Crippen LogP contribution in [0.3, 0.4) is 0 Å². The third-order valence-corrected chi connectivity index (χ3v) is 2.56. The number of aliphatic carboxylic acids is 2. The number of carboxylic acids is 2. The molecular formula is C14H15NO4. The molecule has 0 aliphatic heterocycles. The largest absolute Gasteiger partial charge is 0.481 e. The summed E-state index contributed by atoms with van der Waals surface area (Å²) in [6.07, 6.45) is -0.0562. The Bertz CT molecular complexity index is 501. The molecule has 0 unspecified atom stereocenters. The van der Waals surface area contributed by atoms with Gasteiger partial charge in [0.05, 0.1) is 5.92 Å². The van der Waals surface area contributed by atoms with E-state index in [0.29, 0.717) is 0 Å². The van der Waals surface area contributed by atoms with E-state index in [9.17, 15) is 9.59 Å². The van der Waals surface area contributed by atoms with Crippen molar-refractivity contribution in [2.45, 2.75) is 18.9 Å². The third-order valence-electron chi connectivity index (χ3n) is 2.56. The summed E-state index contributed by atoms with van der Waals surface area (Å²) in [6.45, 7) is 0. The van der Waals surface area contributed by atoms with Gasteiger partial charge in [0.15, 0.2) is 0 Å². The summed E-state index contributed by atoms with van der Waals surface area (Å²) in [7, 11) is 0. The van der Waals surface area contributed by atoms with Crippen molar-refractivity contribution in [3.8, 4) is 11.8 Å². The smallest absolute Gasteiger partial charge is 0.320 e. The number of carbonyl (C=O) groups is 2. The second-order valence-corrected chi connectivity index (χ2v) is 4.09. The maximum atomic E-state index is 11.0. The molecule has 0 fully saturated rings. The lowest BCUT2D eigenvalue weighted by Crippen LogP contribution is -2.34. The third kappa shape index (κ3) is 5.23. The molecular weight excluding hydrogens is 246 g/mol. The van der Waals surface area contributed by atoms with E-state index in [1.54, 1.807) is 0 Å². The van der Waals surface area contributed by atoms with E-state index >= 15 is 0 Å². The molecule has 0 aliphatic rings. The Balaban J connectivity index is 2.63. The number of benzene rings is 1. The minimum absolute atomic E-state index is 0.0746. The molecule has 0 saturated heterocycles. The van der Waals surface area contributed by atoms with E-state index in [-0.39, 0.29) is 12.8 Å². The molecule has 0 aromatic heterocycles. The van der Waals surface area contributed by atoms with Gasteiger partial charge in [0, 0.05) is 12.0 Å². The van der Waals surface area contributed by atoms with Gasteiger partial charge < -0.3 is 15.9 Å². The Morgan fingerprint density at radius 2 is 1.79 bits per heavy atom. The highest BCUT2D eigenvalue weighted by Gasteiger charge is 2.23. The molecule has 0 spiro atoms. The molecule has 19 heavy (non-hydrogen) atoms. The van der Waals surface area contributed by atoms with Crippen LogP contribution in [0.4, 0.5) is 0 Å². The zero-order chi connectivity index (χ0) is 14.3. The van der Waals surface area contributed by atoms with Crippen LogP contribution in [0.1, 0.15) is 18.4 Å². The summed E-state index contributed by atoms with van der Waals surface area (Å²) >= 11 is 0. The fraction of sp³-hybridized carbons (Fsp3) is 0.286. The average molecular weight is 261 g/mol. The molecule has 0 saturated carbocycles. The van der Waals surface area contributed by atoms with Crippen molar-refractivity contribution in [2.75, 3.05) is 0 Å². The molecule has 1 aromatic rings. The molecule has 1 rings (SSSR count). The summed E-state index contributed by atoms with van der Waals surface area (Å²) in [5.74, 6) is 2.42.